The van der Waals surface area contributed by atoms with Gasteiger partial charge in [0.15, 0.2) is 5.78 Å². The third-order valence-electron chi connectivity index (χ3n) is 6.42. The second-order valence-corrected chi connectivity index (χ2v) is 10.1. The highest BCUT2D eigenvalue weighted by atomic mass is 16.6. The SMILES string of the molecule is CC(C)(C)OC(=O)CCCCN1CCC2(CC1)CCN(CC(=O)c1ccccc1)C2. The highest BCUT2D eigenvalue weighted by molar-refractivity contribution is 5.97. The summed E-state index contributed by atoms with van der Waals surface area (Å²) in [5, 5.41) is 0. The Morgan fingerprint density at radius 3 is 2.23 bits per heavy atom. The summed E-state index contributed by atoms with van der Waals surface area (Å²) in [6.45, 7) is 11.7. The van der Waals surface area contributed by atoms with Gasteiger partial charge in [0, 0.05) is 18.5 Å². The van der Waals surface area contributed by atoms with E-state index in [1.165, 1.54) is 19.3 Å². The lowest BCUT2D eigenvalue weighted by atomic mass is 9.78. The summed E-state index contributed by atoms with van der Waals surface area (Å²) < 4.78 is 5.38. The van der Waals surface area contributed by atoms with Gasteiger partial charge in [-0.15, -0.1) is 0 Å². The zero-order chi connectivity index (χ0) is 21.6. The van der Waals surface area contributed by atoms with Crippen LogP contribution in [0.2, 0.25) is 0 Å². The van der Waals surface area contributed by atoms with Crippen LogP contribution in [0.1, 0.15) is 69.7 Å². The van der Waals surface area contributed by atoms with E-state index in [0.29, 0.717) is 18.4 Å². The fourth-order valence-electron chi connectivity index (χ4n) is 4.74. The van der Waals surface area contributed by atoms with Gasteiger partial charge in [0.2, 0.25) is 0 Å². The van der Waals surface area contributed by atoms with Gasteiger partial charge in [-0.05, 0) is 84.5 Å². The first-order valence-electron chi connectivity index (χ1n) is 11.5. The Hall–Kier alpha value is -1.72. The molecule has 5 heteroatoms. The van der Waals surface area contributed by atoms with Gasteiger partial charge in [0.25, 0.3) is 0 Å². The Labute approximate surface area is 181 Å². The Morgan fingerprint density at radius 1 is 0.967 bits per heavy atom. The number of ketones is 1. The van der Waals surface area contributed by atoms with Crippen LogP contribution in [0.5, 0.6) is 0 Å². The molecule has 2 aliphatic heterocycles. The summed E-state index contributed by atoms with van der Waals surface area (Å²) in [5.74, 6) is 0.145. The lowest BCUT2D eigenvalue weighted by molar-refractivity contribution is -0.154. The zero-order valence-corrected chi connectivity index (χ0v) is 19.0. The highest BCUT2D eigenvalue weighted by Crippen LogP contribution is 2.40. The quantitative estimate of drug-likeness (QED) is 0.363. The van der Waals surface area contributed by atoms with E-state index in [9.17, 15) is 9.59 Å². The number of likely N-dealkylation sites (tertiary alicyclic amines) is 2. The van der Waals surface area contributed by atoms with Gasteiger partial charge in [-0.1, -0.05) is 30.3 Å². The predicted molar refractivity (Wildman–Crippen MR) is 120 cm³/mol. The number of piperidine rings is 1. The van der Waals surface area contributed by atoms with Crippen LogP contribution < -0.4 is 0 Å². The minimum Gasteiger partial charge on any atom is -0.460 e. The number of ether oxygens (including phenoxy) is 1. The molecule has 0 amide bonds. The van der Waals surface area contributed by atoms with Gasteiger partial charge in [-0.2, -0.15) is 0 Å². The van der Waals surface area contributed by atoms with Crippen molar-refractivity contribution in [2.75, 3.05) is 39.3 Å². The minimum absolute atomic E-state index is 0.0869. The second kappa shape index (κ2) is 10.1. The maximum atomic E-state index is 12.5. The monoisotopic (exact) mass is 414 g/mol. The van der Waals surface area contributed by atoms with Crippen LogP contribution in [0.3, 0.4) is 0 Å². The van der Waals surface area contributed by atoms with Gasteiger partial charge >= 0.3 is 5.97 Å². The molecule has 0 atom stereocenters. The molecule has 1 spiro atoms. The molecular weight excluding hydrogens is 376 g/mol. The van der Waals surface area contributed by atoms with E-state index in [2.05, 4.69) is 9.80 Å². The second-order valence-electron chi connectivity index (χ2n) is 10.1. The first-order chi connectivity index (χ1) is 14.2. The fraction of sp³-hybridized carbons (Fsp3) is 0.680. The van der Waals surface area contributed by atoms with Crippen molar-refractivity contribution < 1.29 is 14.3 Å². The van der Waals surface area contributed by atoms with Crippen molar-refractivity contribution in [2.45, 2.75) is 64.9 Å². The maximum Gasteiger partial charge on any atom is 0.306 e. The lowest BCUT2D eigenvalue weighted by Gasteiger charge is -2.39. The summed E-state index contributed by atoms with van der Waals surface area (Å²) in [5.41, 5.74) is 0.822. The van der Waals surface area contributed by atoms with Crippen LogP contribution in [-0.4, -0.2) is 66.4 Å². The largest absolute Gasteiger partial charge is 0.460 e. The van der Waals surface area contributed by atoms with Crippen LogP contribution in [0.15, 0.2) is 30.3 Å². The molecule has 0 N–H and O–H groups in total. The van der Waals surface area contributed by atoms with Crippen LogP contribution in [0.4, 0.5) is 0 Å². The van der Waals surface area contributed by atoms with E-state index in [-0.39, 0.29) is 17.4 Å². The highest BCUT2D eigenvalue weighted by Gasteiger charge is 2.40. The van der Waals surface area contributed by atoms with E-state index in [4.69, 9.17) is 4.74 Å². The van der Waals surface area contributed by atoms with Crippen molar-refractivity contribution in [1.82, 2.24) is 9.80 Å². The number of hydrogen-bond donors (Lipinski definition) is 0. The van der Waals surface area contributed by atoms with E-state index in [0.717, 1.165) is 51.1 Å². The number of hydrogen-bond acceptors (Lipinski definition) is 5. The van der Waals surface area contributed by atoms with Crippen molar-refractivity contribution in [3.8, 4) is 0 Å². The Morgan fingerprint density at radius 2 is 1.60 bits per heavy atom. The number of nitrogens with zero attached hydrogens (tertiary/aromatic N) is 2. The van der Waals surface area contributed by atoms with Gasteiger partial charge < -0.3 is 9.64 Å². The number of Topliss-reactive ketones (excluding diaryl/α,β-unsaturated/α-hetero) is 1. The molecule has 0 radical (unpaired) electrons. The molecular formula is C25H38N2O3. The van der Waals surface area contributed by atoms with Gasteiger partial charge in [-0.3, -0.25) is 14.5 Å². The molecule has 2 aliphatic rings. The van der Waals surface area contributed by atoms with Crippen LogP contribution in [-0.2, 0) is 9.53 Å². The van der Waals surface area contributed by atoms with Crippen molar-refractivity contribution in [3.63, 3.8) is 0 Å². The maximum absolute atomic E-state index is 12.5. The van der Waals surface area contributed by atoms with E-state index in [1.54, 1.807) is 0 Å². The van der Waals surface area contributed by atoms with Crippen molar-refractivity contribution in [2.24, 2.45) is 5.41 Å². The molecule has 0 saturated carbocycles. The summed E-state index contributed by atoms with van der Waals surface area (Å²) in [6.07, 6.45) is 6.10. The molecule has 0 bridgehead atoms. The number of benzene rings is 1. The number of unbranched alkanes of at least 4 members (excludes halogenated alkanes) is 1. The molecule has 5 nitrogen and oxygen atoms in total. The topological polar surface area (TPSA) is 49.9 Å². The number of carbonyl (C=O) groups excluding carboxylic acids is 2. The molecule has 0 unspecified atom stereocenters. The molecule has 1 aromatic rings. The Bertz CT molecular complexity index is 703. The molecule has 1 aromatic carbocycles. The first kappa shape index (κ1) is 23.0. The van der Waals surface area contributed by atoms with Crippen molar-refractivity contribution >= 4 is 11.8 Å². The molecule has 0 aliphatic carbocycles. The summed E-state index contributed by atoms with van der Waals surface area (Å²) in [6, 6.07) is 9.64. The van der Waals surface area contributed by atoms with E-state index < -0.39 is 0 Å². The minimum atomic E-state index is -0.390. The van der Waals surface area contributed by atoms with Crippen molar-refractivity contribution in [3.05, 3.63) is 35.9 Å². The molecule has 3 rings (SSSR count). The number of carbonyl (C=O) groups is 2. The average Bonchev–Trinajstić information content (AvgIpc) is 3.08. The van der Waals surface area contributed by atoms with E-state index in [1.807, 2.05) is 51.1 Å². The molecule has 2 heterocycles. The molecule has 2 saturated heterocycles. The molecule has 166 valence electrons. The van der Waals surface area contributed by atoms with Gasteiger partial charge in [0.1, 0.15) is 5.60 Å². The standard InChI is InChI=1S/C25H38N2O3/c1-24(2,3)30-23(29)11-7-8-15-26-16-12-25(13-17-26)14-18-27(20-25)19-22(28)21-9-5-4-6-10-21/h4-6,9-10H,7-8,11-20H2,1-3H3. The predicted octanol–water partition coefficient (Wildman–Crippen LogP) is 4.17. The number of rotatable bonds is 8. The fourth-order valence-corrected chi connectivity index (χ4v) is 4.74. The molecule has 0 aromatic heterocycles. The third-order valence-corrected chi connectivity index (χ3v) is 6.42. The summed E-state index contributed by atoms with van der Waals surface area (Å²) in [4.78, 5) is 29.2. The Balaban J connectivity index is 1.33. The lowest BCUT2D eigenvalue weighted by Crippen LogP contribution is -2.42. The summed E-state index contributed by atoms with van der Waals surface area (Å²) in [7, 11) is 0. The van der Waals surface area contributed by atoms with Gasteiger partial charge in [-0.25, -0.2) is 0 Å². The zero-order valence-electron chi connectivity index (χ0n) is 19.0. The molecule has 2 fully saturated rings. The van der Waals surface area contributed by atoms with Crippen LogP contribution >= 0.6 is 0 Å². The molecule has 30 heavy (non-hydrogen) atoms. The third kappa shape index (κ3) is 6.92. The summed E-state index contributed by atoms with van der Waals surface area (Å²) >= 11 is 0. The van der Waals surface area contributed by atoms with Crippen molar-refractivity contribution in [1.29, 1.82) is 0 Å². The normalized spacial score (nSPS) is 19.8. The smallest absolute Gasteiger partial charge is 0.306 e. The average molecular weight is 415 g/mol. The van der Waals surface area contributed by atoms with E-state index >= 15 is 0 Å². The number of esters is 1. The van der Waals surface area contributed by atoms with Crippen LogP contribution in [0.25, 0.3) is 0 Å². The first-order valence-corrected chi connectivity index (χ1v) is 11.5. The Kier molecular flexibility index (Phi) is 7.70. The van der Waals surface area contributed by atoms with Crippen LogP contribution in [0, 0.1) is 5.41 Å². The van der Waals surface area contributed by atoms with Gasteiger partial charge in [0.05, 0.1) is 6.54 Å².